The number of aldehydes is 1. The first-order valence-electron chi connectivity index (χ1n) is 5.48. The molecule has 0 atom stereocenters. The van der Waals surface area contributed by atoms with Gasteiger partial charge in [-0.2, -0.15) is 0 Å². The number of rotatable bonds is 3. The van der Waals surface area contributed by atoms with Crippen LogP contribution in [0.3, 0.4) is 0 Å². The first-order valence-corrected chi connectivity index (χ1v) is 5.48. The fourth-order valence-electron chi connectivity index (χ4n) is 1.78. The van der Waals surface area contributed by atoms with E-state index in [2.05, 4.69) is 32.1 Å². The highest BCUT2D eigenvalue weighted by atomic mass is 16.1. The summed E-state index contributed by atoms with van der Waals surface area (Å²) in [6.07, 6.45) is 1.94. The second kappa shape index (κ2) is 4.80. The van der Waals surface area contributed by atoms with Gasteiger partial charge in [-0.25, -0.2) is 0 Å². The Bertz CT molecular complexity index is 488. The SMILES string of the molecule is BCc1ccc(-c2ccccc2C=O)cc1. The minimum Gasteiger partial charge on any atom is -0.298 e. The van der Waals surface area contributed by atoms with Gasteiger partial charge in [-0.1, -0.05) is 60.4 Å². The van der Waals surface area contributed by atoms with Crippen LogP contribution in [0.1, 0.15) is 15.9 Å². The highest BCUT2D eigenvalue weighted by molar-refractivity contribution is 6.08. The molecule has 0 heterocycles. The van der Waals surface area contributed by atoms with Crippen LogP contribution in [0.2, 0.25) is 0 Å². The van der Waals surface area contributed by atoms with Gasteiger partial charge in [-0.05, 0) is 11.1 Å². The molecule has 0 unspecified atom stereocenters. The van der Waals surface area contributed by atoms with Gasteiger partial charge >= 0.3 is 0 Å². The lowest BCUT2D eigenvalue weighted by Gasteiger charge is -2.05. The average Bonchev–Trinajstić information content (AvgIpc) is 2.39. The molecule has 2 heteroatoms. The van der Waals surface area contributed by atoms with Crippen molar-refractivity contribution in [2.75, 3.05) is 0 Å². The quantitative estimate of drug-likeness (QED) is 0.558. The minimum atomic E-state index is 0.742. The summed E-state index contributed by atoms with van der Waals surface area (Å²) in [6.45, 7) is 0. The summed E-state index contributed by atoms with van der Waals surface area (Å²) in [6, 6.07) is 16.0. The van der Waals surface area contributed by atoms with E-state index in [1.165, 1.54) is 5.56 Å². The molecule has 2 rings (SSSR count). The van der Waals surface area contributed by atoms with E-state index in [4.69, 9.17) is 0 Å². The molecule has 0 aliphatic carbocycles. The molecule has 0 saturated carbocycles. The molecule has 2 aromatic rings. The van der Waals surface area contributed by atoms with E-state index in [1.54, 1.807) is 0 Å². The van der Waals surface area contributed by atoms with Crippen molar-refractivity contribution in [3.8, 4) is 11.1 Å². The Balaban J connectivity index is 2.46. The Kier molecular flexibility index (Phi) is 3.20. The third-order valence-corrected chi connectivity index (χ3v) is 2.76. The molecule has 0 bridgehead atoms. The van der Waals surface area contributed by atoms with Crippen molar-refractivity contribution in [2.24, 2.45) is 0 Å². The van der Waals surface area contributed by atoms with Gasteiger partial charge in [0.1, 0.15) is 7.85 Å². The normalized spacial score (nSPS) is 10.0. The molecule has 1 nitrogen and oxygen atoms in total. The van der Waals surface area contributed by atoms with Gasteiger partial charge in [0, 0.05) is 5.56 Å². The van der Waals surface area contributed by atoms with Gasteiger partial charge in [0.25, 0.3) is 0 Å². The summed E-state index contributed by atoms with van der Waals surface area (Å²) >= 11 is 0. The molecule has 0 aliphatic rings. The Labute approximate surface area is 96.5 Å². The van der Waals surface area contributed by atoms with E-state index in [0.717, 1.165) is 29.3 Å². The van der Waals surface area contributed by atoms with Gasteiger partial charge in [-0.3, -0.25) is 4.79 Å². The maximum absolute atomic E-state index is 10.9. The number of carbonyl (C=O) groups excluding carboxylic acids is 1. The first kappa shape index (κ1) is 10.7. The zero-order valence-corrected chi connectivity index (χ0v) is 9.31. The van der Waals surface area contributed by atoms with Crippen LogP contribution in [-0.2, 0) is 6.32 Å². The Morgan fingerprint density at radius 3 is 2.31 bits per heavy atom. The van der Waals surface area contributed by atoms with Crippen molar-refractivity contribution in [3.05, 3.63) is 59.7 Å². The topological polar surface area (TPSA) is 17.1 Å². The van der Waals surface area contributed by atoms with E-state index in [9.17, 15) is 4.79 Å². The Morgan fingerprint density at radius 1 is 1.00 bits per heavy atom. The maximum atomic E-state index is 10.9. The van der Waals surface area contributed by atoms with Crippen LogP contribution < -0.4 is 0 Å². The molecular weight excluding hydrogens is 195 g/mol. The van der Waals surface area contributed by atoms with E-state index < -0.39 is 0 Å². The fourth-order valence-corrected chi connectivity index (χ4v) is 1.78. The highest BCUT2D eigenvalue weighted by Gasteiger charge is 2.02. The fraction of sp³-hybridized carbons (Fsp3) is 0.0714. The number of hydrogen-bond acceptors (Lipinski definition) is 1. The summed E-state index contributed by atoms with van der Waals surface area (Å²) in [7, 11) is 2.13. The molecule has 0 aliphatic heterocycles. The smallest absolute Gasteiger partial charge is 0.150 e. The van der Waals surface area contributed by atoms with Crippen molar-refractivity contribution in [1.29, 1.82) is 0 Å². The van der Waals surface area contributed by atoms with Gasteiger partial charge in [0.05, 0.1) is 0 Å². The van der Waals surface area contributed by atoms with Crippen LogP contribution in [0.25, 0.3) is 11.1 Å². The van der Waals surface area contributed by atoms with Crippen LogP contribution in [-0.4, -0.2) is 14.1 Å². The van der Waals surface area contributed by atoms with Gasteiger partial charge in [-0.15, -0.1) is 0 Å². The predicted molar refractivity (Wildman–Crippen MR) is 69.5 cm³/mol. The largest absolute Gasteiger partial charge is 0.298 e. The maximum Gasteiger partial charge on any atom is 0.150 e. The van der Waals surface area contributed by atoms with E-state index >= 15 is 0 Å². The van der Waals surface area contributed by atoms with Gasteiger partial charge in [0.15, 0.2) is 6.29 Å². The predicted octanol–water partition coefficient (Wildman–Crippen LogP) is 2.30. The number of carbonyl (C=O) groups is 1. The molecule has 78 valence electrons. The Morgan fingerprint density at radius 2 is 1.69 bits per heavy atom. The summed E-state index contributed by atoms with van der Waals surface area (Å²) in [5, 5.41) is 0. The number of benzene rings is 2. The van der Waals surface area contributed by atoms with Crippen LogP contribution >= 0.6 is 0 Å². The molecule has 16 heavy (non-hydrogen) atoms. The van der Waals surface area contributed by atoms with Gasteiger partial charge in [0.2, 0.25) is 0 Å². The second-order valence-electron chi connectivity index (χ2n) is 3.76. The molecule has 0 radical (unpaired) electrons. The molecule has 2 aromatic carbocycles. The van der Waals surface area contributed by atoms with E-state index in [0.29, 0.717) is 0 Å². The minimum absolute atomic E-state index is 0.742. The Hall–Kier alpha value is -1.83. The summed E-state index contributed by atoms with van der Waals surface area (Å²) in [5.74, 6) is 0. The van der Waals surface area contributed by atoms with Crippen LogP contribution in [0.5, 0.6) is 0 Å². The van der Waals surface area contributed by atoms with E-state index in [-0.39, 0.29) is 0 Å². The zero-order chi connectivity index (χ0) is 11.4. The van der Waals surface area contributed by atoms with Crippen LogP contribution in [0.15, 0.2) is 48.5 Å². The molecule has 0 saturated heterocycles. The standard InChI is InChI=1S/C14H13BO/c15-9-11-5-7-12(8-6-11)14-4-2-1-3-13(14)10-16/h1-8,10H,9,15H2. The zero-order valence-electron chi connectivity index (χ0n) is 9.31. The molecule has 0 aromatic heterocycles. The lowest BCUT2D eigenvalue weighted by atomic mass is 9.94. The second-order valence-corrected chi connectivity index (χ2v) is 3.76. The van der Waals surface area contributed by atoms with Crippen molar-refractivity contribution in [2.45, 2.75) is 6.32 Å². The van der Waals surface area contributed by atoms with E-state index in [1.807, 2.05) is 24.3 Å². The van der Waals surface area contributed by atoms with Crippen LogP contribution in [0.4, 0.5) is 0 Å². The lowest BCUT2D eigenvalue weighted by Crippen LogP contribution is -1.88. The van der Waals surface area contributed by atoms with Crippen LogP contribution in [0, 0.1) is 0 Å². The monoisotopic (exact) mass is 208 g/mol. The lowest BCUT2D eigenvalue weighted by molar-refractivity contribution is 0.112. The third kappa shape index (κ3) is 2.06. The molecule has 0 spiro atoms. The third-order valence-electron chi connectivity index (χ3n) is 2.76. The summed E-state index contributed by atoms with van der Waals surface area (Å²) in [5.41, 5.74) is 4.15. The van der Waals surface area contributed by atoms with Gasteiger partial charge < -0.3 is 0 Å². The van der Waals surface area contributed by atoms with Crippen molar-refractivity contribution in [3.63, 3.8) is 0 Å². The van der Waals surface area contributed by atoms with Crippen molar-refractivity contribution in [1.82, 2.24) is 0 Å². The van der Waals surface area contributed by atoms with Crippen molar-refractivity contribution < 1.29 is 4.79 Å². The van der Waals surface area contributed by atoms with Crippen molar-refractivity contribution >= 4 is 14.1 Å². The molecule has 0 N–H and O–H groups in total. The summed E-state index contributed by atoms with van der Waals surface area (Å²) in [4.78, 5) is 10.9. The molecule has 0 amide bonds. The highest BCUT2D eigenvalue weighted by Crippen LogP contribution is 2.22. The summed E-state index contributed by atoms with van der Waals surface area (Å²) < 4.78 is 0. The molecule has 0 fully saturated rings. The number of hydrogen-bond donors (Lipinski definition) is 0. The average molecular weight is 208 g/mol. The first-order chi connectivity index (χ1) is 7.85. The molecular formula is C14H13BO.